The van der Waals surface area contributed by atoms with Crippen LogP contribution in [-0.2, 0) is 11.0 Å². The smallest absolute Gasteiger partial charge is 0.326 e. The van der Waals surface area contributed by atoms with Crippen molar-refractivity contribution in [3.8, 4) is 0 Å². The first-order valence-electron chi connectivity index (χ1n) is 10.3. The molecule has 3 rings (SSSR count). The van der Waals surface area contributed by atoms with Crippen LogP contribution in [0.2, 0.25) is 0 Å². The molecule has 0 bridgehead atoms. The number of amides is 3. The summed E-state index contributed by atoms with van der Waals surface area (Å²) < 4.78 is 38.7. The first-order chi connectivity index (χ1) is 14.8. The number of para-hydroxylation sites is 1. The van der Waals surface area contributed by atoms with Crippen LogP contribution >= 0.6 is 0 Å². The van der Waals surface area contributed by atoms with Gasteiger partial charge in [0.25, 0.3) is 0 Å². The fourth-order valence-electron chi connectivity index (χ4n) is 3.94. The molecule has 1 saturated heterocycles. The van der Waals surface area contributed by atoms with Gasteiger partial charge in [-0.2, -0.15) is 13.2 Å². The van der Waals surface area contributed by atoms with Crippen LogP contribution < -0.4 is 10.6 Å². The normalized spacial score (nSPS) is 19.0. The second-order valence-corrected chi connectivity index (χ2v) is 7.79. The van der Waals surface area contributed by atoms with Crippen molar-refractivity contribution < 1.29 is 22.8 Å². The standard InChI is InChI=1S/C23H26F3N3O2/c1-2-16-15-29(22(31)28-20-10-6-7-18(14-20)23(24,25)26)12-11-17(16)13-21(30)27-19-8-4-3-5-9-19/h3-10,14,16-17H,2,11-13,15H2,1H3,(H,27,30)(H,28,31). The minimum atomic E-state index is -4.47. The fraction of sp³-hybridized carbons (Fsp3) is 0.391. The van der Waals surface area contributed by atoms with E-state index in [9.17, 15) is 22.8 Å². The second-order valence-electron chi connectivity index (χ2n) is 7.79. The van der Waals surface area contributed by atoms with E-state index in [1.165, 1.54) is 12.1 Å². The Morgan fingerprint density at radius 2 is 1.71 bits per heavy atom. The Morgan fingerprint density at radius 3 is 2.39 bits per heavy atom. The Bertz CT molecular complexity index is 902. The third-order valence-corrected chi connectivity index (χ3v) is 5.65. The first-order valence-corrected chi connectivity index (χ1v) is 10.3. The molecule has 0 saturated carbocycles. The molecule has 5 nitrogen and oxygen atoms in total. The molecule has 0 aliphatic carbocycles. The number of alkyl halides is 3. The van der Waals surface area contributed by atoms with E-state index in [2.05, 4.69) is 10.6 Å². The molecule has 1 fully saturated rings. The molecule has 31 heavy (non-hydrogen) atoms. The lowest BCUT2D eigenvalue weighted by atomic mass is 9.81. The predicted molar refractivity (Wildman–Crippen MR) is 114 cm³/mol. The highest BCUT2D eigenvalue weighted by atomic mass is 19.4. The van der Waals surface area contributed by atoms with Crippen molar-refractivity contribution >= 4 is 23.3 Å². The van der Waals surface area contributed by atoms with Gasteiger partial charge >= 0.3 is 12.2 Å². The van der Waals surface area contributed by atoms with Crippen molar-refractivity contribution in [1.29, 1.82) is 0 Å². The third-order valence-electron chi connectivity index (χ3n) is 5.65. The molecule has 2 N–H and O–H groups in total. The topological polar surface area (TPSA) is 61.4 Å². The summed E-state index contributed by atoms with van der Waals surface area (Å²) >= 11 is 0. The van der Waals surface area contributed by atoms with Gasteiger partial charge in [0.2, 0.25) is 5.91 Å². The van der Waals surface area contributed by atoms with Crippen molar-refractivity contribution in [1.82, 2.24) is 4.90 Å². The lowest BCUT2D eigenvalue weighted by Crippen LogP contribution is -2.46. The zero-order valence-corrected chi connectivity index (χ0v) is 17.3. The first kappa shape index (κ1) is 22.7. The van der Waals surface area contributed by atoms with Crippen molar-refractivity contribution in [2.45, 2.75) is 32.4 Å². The van der Waals surface area contributed by atoms with E-state index in [1.54, 1.807) is 4.90 Å². The number of halogens is 3. The summed E-state index contributed by atoms with van der Waals surface area (Å²) in [5, 5.41) is 5.46. The van der Waals surface area contributed by atoms with Crippen LogP contribution in [0.4, 0.5) is 29.3 Å². The van der Waals surface area contributed by atoms with Crippen LogP contribution in [0.25, 0.3) is 0 Å². The van der Waals surface area contributed by atoms with Crippen molar-refractivity contribution in [3.63, 3.8) is 0 Å². The lowest BCUT2D eigenvalue weighted by molar-refractivity contribution is -0.137. The van der Waals surface area contributed by atoms with Gasteiger partial charge in [0, 0.05) is 30.9 Å². The second kappa shape index (κ2) is 9.85. The number of carbonyl (C=O) groups excluding carboxylic acids is 2. The minimum absolute atomic E-state index is 0.0588. The zero-order valence-electron chi connectivity index (χ0n) is 17.3. The number of hydrogen-bond acceptors (Lipinski definition) is 2. The molecule has 166 valence electrons. The lowest BCUT2D eigenvalue weighted by Gasteiger charge is -2.38. The van der Waals surface area contributed by atoms with E-state index in [0.717, 1.165) is 24.2 Å². The molecule has 0 radical (unpaired) electrons. The van der Waals surface area contributed by atoms with Crippen LogP contribution in [-0.4, -0.2) is 29.9 Å². The number of anilines is 2. The molecule has 0 aromatic heterocycles. The number of likely N-dealkylation sites (tertiary alicyclic amines) is 1. The minimum Gasteiger partial charge on any atom is -0.326 e. The molecule has 1 heterocycles. The molecule has 3 amide bonds. The molecule has 2 atom stereocenters. The number of urea groups is 1. The monoisotopic (exact) mass is 433 g/mol. The predicted octanol–water partition coefficient (Wildman–Crippen LogP) is 5.61. The Morgan fingerprint density at radius 1 is 1.00 bits per heavy atom. The molecule has 0 spiro atoms. The Labute approximate surface area is 179 Å². The maximum atomic E-state index is 12.9. The van der Waals surface area contributed by atoms with Crippen LogP contribution in [0, 0.1) is 11.8 Å². The highest BCUT2D eigenvalue weighted by Crippen LogP contribution is 2.32. The maximum Gasteiger partial charge on any atom is 0.416 e. The fourth-order valence-corrected chi connectivity index (χ4v) is 3.94. The Hall–Kier alpha value is -3.03. The van der Waals surface area contributed by atoms with E-state index >= 15 is 0 Å². The van der Waals surface area contributed by atoms with E-state index < -0.39 is 17.8 Å². The van der Waals surface area contributed by atoms with E-state index in [1.807, 2.05) is 37.3 Å². The average Bonchev–Trinajstić information content (AvgIpc) is 2.74. The van der Waals surface area contributed by atoms with Gasteiger partial charge in [0.15, 0.2) is 0 Å². The molecule has 2 aromatic rings. The summed E-state index contributed by atoms with van der Waals surface area (Å²) in [7, 11) is 0. The quantitative estimate of drug-likeness (QED) is 0.643. The third kappa shape index (κ3) is 6.23. The van der Waals surface area contributed by atoms with Crippen molar-refractivity contribution in [2.75, 3.05) is 23.7 Å². The number of nitrogens with one attached hydrogen (secondary N) is 2. The summed E-state index contributed by atoms with van der Waals surface area (Å²) in [5.74, 6) is 0.227. The number of piperidine rings is 1. The largest absolute Gasteiger partial charge is 0.416 e. The molecular formula is C23H26F3N3O2. The molecule has 8 heteroatoms. The van der Waals surface area contributed by atoms with Crippen LogP contribution in [0.1, 0.15) is 31.7 Å². The van der Waals surface area contributed by atoms with Gasteiger partial charge < -0.3 is 15.5 Å². The summed E-state index contributed by atoms with van der Waals surface area (Å²) in [4.78, 5) is 26.6. The molecular weight excluding hydrogens is 407 g/mol. The van der Waals surface area contributed by atoms with Gasteiger partial charge in [0.05, 0.1) is 5.56 Å². The summed E-state index contributed by atoms with van der Waals surface area (Å²) in [6.07, 6.45) is -2.63. The molecule has 1 aliphatic heterocycles. The van der Waals surface area contributed by atoms with Crippen molar-refractivity contribution in [2.24, 2.45) is 11.8 Å². The number of rotatable bonds is 5. The number of nitrogens with zero attached hydrogens (tertiary/aromatic N) is 1. The van der Waals surface area contributed by atoms with Gasteiger partial charge in [-0.15, -0.1) is 0 Å². The van der Waals surface area contributed by atoms with E-state index in [4.69, 9.17) is 0 Å². The number of hydrogen-bond donors (Lipinski definition) is 2. The average molecular weight is 433 g/mol. The summed E-state index contributed by atoms with van der Waals surface area (Å²) in [5.41, 5.74) is 0.0514. The summed E-state index contributed by atoms with van der Waals surface area (Å²) in [6.45, 7) is 2.93. The highest BCUT2D eigenvalue weighted by molar-refractivity contribution is 5.91. The van der Waals surface area contributed by atoms with Gasteiger partial charge in [0.1, 0.15) is 0 Å². The summed E-state index contributed by atoms with van der Waals surface area (Å²) in [6, 6.07) is 13.4. The van der Waals surface area contributed by atoms with E-state index in [-0.39, 0.29) is 23.4 Å². The van der Waals surface area contributed by atoms with Gasteiger partial charge in [-0.1, -0.05) is 37.6 Å². The Balaban J connectivity index is 1.56. The SMILES string of the molecule is CCC1CN(C(=O)Nc2cccc(C(F)(F)F)c2)CCC1CC(=O)Nc1ccccc1. The van der Waals surface area contributed by atoms with Crippen molar-refractivity contribution in [3.05, 3.63) is 60.2 Å². The van der Waals surface area contributed by atoms with Gasteiger partial charge in [-0.25, -0.2) is 4.79 Å². The Kier molecular flexibility index (Phi) is 7.20. The van der Waals surface area contributed by atoms with Crippen LogP contribution in [0.5, 0.6) is 0 Å². The molecule has 2 aromatic carbocycles. The molecule has 1 aliphatic rings. The van der Waals surface area contributed by atoms with Gasteiger partial charge in [-0.3, -0.25) is 4.79 Å². The molecule has 2 unspecified atom stereocenters. The van der Waals surface area contributed by atoms with E-state index in [0.29, 0.717) is 25.9 Å². The van der Waals surface area contributed by atoms with Gasteiger partial charge in [-0.05, 0) is 48.6 Å². The zero-order chi connectivity index (χ0) is 22.4. The number of carbonyl (C=O) groups is 2. The van der Waals surface area contributed by atoms with Crippen LogP contribution in [0.3, 0.4) is 0 Å². The number of benzene rings is 2. The maximum absolute atomic E-state index is 12.9. The highest BCUT2D eigenvalue weighted by Gasteiger charge is 2.33. The van der Waals surface area contributed by atoms with Crippen LogP contribution in [0.15, 0.2) is 54.6 Å².